The minimum Gasteiger partial charge on any atom is -0.354 e. The van der Waals surface area contributed by atoms with E-state index >= 15 is 0 Å². The summed E-state index contributed by atoms with van der Waals surface area (Å²) in [5.74, 6) is 0. The van der Waals surface area contributed by atoms with Crippen LogP contribution in [0.4, 0.5) is 4.79 Å². The Morgan fingerprint density at radius 1 is 1.18 bits per heavy atom. The summed E-state index contributed by atoms with van der Waals surface area (Å²) in [4.78, 5) is 29.8. The molecule has 3 heterocycles. The minimum absolute atomic E-state index is 0.419. The number of nitrogens with zero attached hydrogens (tertiary/aromatic N) is 2. The Kier molecular flexibility index (Phi) is 4.81. The third-order valence-corrected chi connectivity index (χ3v) is 5.90. The molecule has 1 amide bonds. The SMILES string of the molecule is CC1CCCC(C)N1Cc1ccc2[nH]c(-c3cccn(C(N)=O)c3=O)cc2c1. The number of carbonyl (C=O) groups excluding carboxylic acids is 1. The second-order valence-electron chi connectivity index (χ2n) is 7.84. The van der Waals surface area contributed by atoms with Gasteiger partial charge in [-0.25, -0.2) is 9.36 Å². The Hall–Kier alpha value is -2.86. The topological polar surface area (TPSA) is 84.1 Å². The smallest absolute Gasteiger partial charge is 0.325 e. The summed E-state index contributed by atoms with van der Waals surface area (Å²) in [6.07, 6.45) is 5.19. The average Bonchev–Trinajstić information content (AvgIpc) is 3.08. The van der Waals surface area contributed by atoms with Gasteiger partial charge in [0.15, 0.2) is 0 Å². The largest absolute Gasteiger partial charge is 0.354 e. The molecule has 1 aliphatic heterocycles. The van der Waals surface area contributed by atoms with Crippen LogP contribution in [0.1, 0.15) is 38.7 Å². The number of piperidine rings is 1. The minimum atomic E-state index is -0.782. The van der Waals surface area contributed by atoms with Crippen LogP contribution in [-0.4, -0.2) is 32.6 Å². The quantitative estimate of drug-likeness (QED) is 0.729. The van der Waals surface area contributed by atoms with Crippen molar-refractivity contribution >= 4 is 16.9 Å². The Bertz CT molecular complexity index is 1070. The van der Waals surface area contributed by atoms with Crippen LogP contribution >= 0.6 is 0 Å². The molecule has 2 unspecified atom stereocenters. The van der Waals surface area contributed by atoms with Gasteiger partial charge in [0.05, 0.1) is 11.3 Å². The van der Waals surface area contributed by atoms with Gasteiger partial charge < -0.3 is 10.7 Å². The molecule has 0 radical (unpaired) electrons. The number of hydrogen-bond donors (Lipinski definition) is 2. The van der Waals surface area contributed by atoms with Crippen molar-refractivity contribution in [3.63, 3.8) is 0 Å². The molecule has 2 atom stereocenters. The fourth-order valence-electron chi connectivity index (χ4n) is 4.30. The number of likely N-dealkylation sites (tertiary alicyclic amines) is 1. The number of aromatic nitrogens is 2. The number of aromatic amines is 1. The highest BCUT2D eigenvalue weighted by Gasteiger charge is 2.24. The zero-order valence-corrected chi connectivity index (χ0v) is 16.3. The van der Waals surface area contributed by atoms with Crippen LogP contribution in [0.2, 0.25) is 0 Å². The number of hydrogen-bond acceptors (Lipinski definition) is 3. The maximum absolute atomic E-state index is 12.5. The molecule has 0 bridgehead atoms. The molecule has 28 heavy (non-hydrogen) atoms. The van der Waals surface area contributed by atoms with Crippen molar-refractivity contribution in [3.8, 4) is 11.3 Å². The summed E-state index contributed by atoms with van der Waals surface area (Å²) in [5.41, 5.74) is 8.20. The maximum atomic E-state index is 12.5. The number of fused-ring (bicyclic) bond motifs is 1. The molecule has 1 saturated heterocycles. The number of rotatable bonds is 3. The first-order valence-corrected chi connectivity index (χ1v) is 9.83. The van der Waals surface area contributed by atoms with E-state index in [1.165, 1.54) is 31.0 Å². The first kappa shape index (κ1) is 18.5. The first-order valence-electron chi connectivity index (χ1n) is 9.83. The van der Waals surface area contributed by atoms with E-state index in [1.54, 1.807) is 12.1 Å². The second-order valence-corrected chi connectivity index (χ2v) is 7.84. The van der Waals surface area contributed by atoms with Crippen LogP contribution < -0.4 is 11.3 Å². The van der Waals surface area contributed by atoms with Crippen LogP contribution in [-0.2, 0) is 6.54 Å². The number of nitrogens with one attached hydrogen (secondary N) is 1. The number of carbonyl (C=O) groups is 1. The summed E-state index contributed by atoms with van der Waals surface area (Å²) in [6.45, 7) is 5.54. The lowest BCUT2D eigenvalue weighted by Crippen LogP contribution is -2.42. The number of primary amides is 1. The summed E-state index contributed by atoms with van der Waals surface area (Å²) in [5, 5.41) is 1.05. The van der Waals surface area contributed by atoms with E-state index in [9.17, 15) is 9.59 Å². The average molecular weight is 378 g/mol. The van der Waals surface area contributed by atoms with Gasteiger partial charge in [0, 0.05) is 35.7 Å². The second kappa shape index (κ2) is 7.28. The Balaban J connectivity index is 1.67. The monoisotopic (exact) mass is 378 g/mol. The van der Waals surface area contributed by atoms with Crippen molar-refractivity contribution < 1.29 is 4.79 Å². The lowest BCUT2D eigenvalue weighted by Gasteiger charge is -2.39. The number of benzene rings is 1. The molecule has 3 N–H and O–H groups in total. The highest BCUT2D eigenvalue weighted by atomic mass is 16.2. The van der Waals surface area contributed by atoms with Crippen LogP contribution in [0.5, 0.6) is 0 Å². The Labute approximate surface area is 164 Å². The van der Waals surface area contributed by atoms with Gasteiger partial charge in [0.2, 0.25) is 0 Å². The van der Waals surface area contributed by atoms with Crippen molar-refractivity contribution in [3.05, 3.63) is 58.5 Å². The summed E-state index contributed by atoms with van der Waals surface area (Å²) >= 11 is 0. The number of pyridine rings is 1. The third-order valence-electron chi connectivity index (χ3n) is 5.90. The van der Waals surface area contributed by atoms with E-state index in [4.69, 9.17) is 5.73 Å². The van der Waals surface area contributed by atoms with E-state index in [2.05, 4.69) is 41.9 Å². The predicted molar refractivity (Wildman–Crippen MR) is 111 cm³/mol. The predicted octanol–water partition coefficient (Wildman–Crippen LogP) is 3.69. The van der Waals surface area contributed by atoms with Gasteiger partial charge in [-0.05, 0) is 62.6 Å². The van der Waals surface area contributed by atoms with Crippen LogP contribution in [0.25, 0.3) is 22.2 Å². The van der Waals surface area contributed by atoms with E-state index in [1.807, 2.05) is 6.07 Å². The zero-order valence-electron chi connectivity index (χ0n) is 16.3. The molecule has 3 aromatic rings. The van der Waals surface area contributed by atoms with Gasteiger partial charge >= 0.3 is 6.03 Å². The van der Waals surface area contributed by atoms with Gasteiger partial charge in [-0.2, -0.15) is 0 Å². The summed E-state index contributed by atoms with van der Waals surface area (Å²) in [7, 11) is 0. The lowest BCUT2D eigenvalue weighted by molar-refractivity contribution is 0.0953. The van der Waals surface area contributed by atoms with Crippen molar-refractivity contribution in [2.45, 2.75) is 51.7 Å². The molecule has 146 valence electrons. The molecule has 0 spiro atoms. The molecule has 1 aromatic carbocycles. The van der Waals surface area contributed by atoms with Crippen LogP contribution in [0.15, 0.2) is 47.4 Å². The van der Waals surface area contributed by atoms with Gasteiger partial charge in [0.1, 0.15) is 0 Å². The number of amides is 1. The molecule has 0 aliphatic carbocycles. The van der Waals surface area contributed by atoms with Gasteiger partial charge in [-0.15, -0.1) is 0 Å². The van der Waals surface area contributed by atoms with Crippen molar-refractivity contribution in [2.75, 3.05) is 0 Å². The van der Waals surface area contributed by atoms with Crippen LogP contribution in [0, 0.1) is 0 Å². The van der Waals surface area contributed by atoms with E-state index in [-0.39, 0.29) is 0 Å². The first-order chi connectivity index (χ1) is 13.4. The van der Waals surface area contributed by atoms with E-state index < -0.39 is 11.6 Å². The summed E-state index contributed by atoms with van der Waals surface area (Å²) in [6, 6.07) is 12.1. The molecule has 1 fully saturated rings. The van der Waals surface area contributed by atoms with Gasteiger partial charge in [-0.3, -0.25) is 9.69 Å². The summed E-state index contributed by atoms with van der Waals surface area (Å²) < 4.78 is 0.922. The van der Waals surface area contributed by atoms with Gasteiger partial charge in [0.25, 0.3) is 5.56 Å². The zero-order chi connectivity index (χ0) is 19.8. The maximum Gasteiger partial charge on any atom is 0.325 e. The third kappa shape index (κ3) is 3.36. The lowest BCUT2D eigenvalue weighted by atomic mass is 9.96. The molecule has 0 saturated carbocycles. The molecular formula is C22H26N4O2. The fourth-order valence-corrected chi connectivity index (χ4v) is 4.30. The Morgan fingerprint density at radius 2 is 1.93 bits per heavy atom. The molecule has 1 aliphatic rings. The molecule has 4 rings (SSSR count). The normalized spacial score (nSPS) is 20.5. The standard InChI is InChI=1S/C22H26N4O2/c1-14-5-3-6-15(2)26(14)13-16-8-9-19-17(11-16)12-20(24-19)18-7-4-10-25(21(18)27)22(23)28/h4,7-12,14-15,24H,3,5-6,13H2,1-2H3,(H2,23,28). The molecule has 6 heteroatoms. The molecule has 6 nitrogen and oxygen atoms in total. The van der Waals surface area contributed by atoms with Crippen molar-refractivity contribution in [1.82, 2.24) is 14.5 Å². The van der Waals surface area contributed by atoms with Crippen molar-refractivity contribution in [1.29, 1.82) is 0 Å². The molecular weight excluding hydrogens is 352 g/mol. The van der Waals surface area contributed by atoms with E-state index in [0.717, 1.165) is 22.0 Å². The highest BCUT2D eigenvalue weighted by Crippen LogP contribution is 2.27. The molecule has 2 aromatic heterocycles. The highest BCUT2D eigenvalue weighted by molar-refractivity contribution is 5.86. The van der Waals surface area contributed by atoms with Crippen LogP contribution in [0.3, 0.4) is 0 Å². The van der Waals surface area contributed by atoms with Crippen molar-refractivity contribution in [2.24, 2.45) is 5.73 Å². The van der Waals surface area contributed by atoms with E-state index in [0.29, 0.717) is 23.3 Å². The Morgan fingerprint density at radius 3 is 2.64 bits per heavy atom. The van der Waals surface area contributed by atoms with Gasteiger partial charge in [-0.1, -0.05) is 12.5 Å². The fraction of sp³-hybridized carbons (Fsp3) is 0.364. The number of H-pyrrole nitrogens is 1. The number of nitrogens with two attached hydrogens (primary N) is 1.